The number of ether oxygens (including phenoxy) is 7. The highest BCUT2D eigenvalue weighted by Crippen LogP contribution is 2.54. The van der Waals surface area contributed by atoms with Crippen LogP contribution < -0.4 is 0 Å². The highest BCUT2D eigenvalue weighted by atomic mass is 16.7. The van der Waals surface area contributed by atoms with Crippen molar-refractivity contribution in [2.24, 2.45) is 29.6 Å². The van der Waals surface area contributed by atoms with E-state index in [0.717, 1.165) is 12.0 Å². The molecule has 4 fully saturated rings. The lowest BCUT2D eigenvalue weighted by Gasteiger charge is -2.44. The fourth-order valence-electron chi connectivity index (χ4n) is 6.85. The summed E-state index contributed by atoms with van der Waals surface area (Å²) >= 11 is 0. The fourth-order valence-corrected chi connectivity index (χ4v) is 6.85. The van der Waals surface area contributed by atoms with Crippen molar-refractivity contribution in [1.29, 1.82) is 0 Å². The summed E-state index contributed by atoms with van der Waals surface area (Å²) < 4.78 is 40.9. The van der Waals surface area contributed by atoms with Crippen molar-refractivity contribution in [2.75, 3.05) is 35.0 Å². The van der Waals surface area contributed by atoms with E-state index in [1.165, 1.54) is 14.2 Å². The first-order valence-electron chi connectivity index (χ1n) is 12.2. The number of carbonyl (C=O) groups is 1. The zero-order valence-electron chi connectivity index (χ0n) is 21.0. The number of hydrogen-bond donors (Lipinski definition) is 1. The van der Waals surface area contributed by atoms with Gasteiger partial charge < -0.3 is 38.3 Å². The zero-order chi connectivity index (χ0) is 24.7. The molecule has 0 radical (unpaired) electrons. The Hall–Kier alpha value is -1.07. The molecule has 2 heterocycles. The van der Waals surface area contributed by atoms with Gasteiger partial charge in [0.25, 0.3) is 0 Å². The number of hydrogen-bond acceptors (Lipinski definition) is 9. The highest BCUT2D eigenvalue weighted by molar-refractivity contribution is 5.75. The summed E-state index contributed by atoms with van der Waals surface area (Å²) in [7, 11) is 6.33. The van der Waals surface area contributed by atoms with Crippen molar-refractivity contribution in [1.82, 2.24) is 0 Å². The van der Waals surface area contributed by atoms with Gasteiger partial charge in [-0.05, 0) is 24.7 Å². The molecule has 2 saturated heterocycles. The Labute approximate surface area is 202 Å². The van der Waals surface area contributed by atoms with E-state index in [1.807, 2.05) is 6.92 Å². The molecule has 0 bridgehead atoms. The van der Waals surface area contributed by atoms with E-state index in [0.29, 0.717) is 6.42 Å². The molecule has 9 heteroatoms. The number of aliphatic hydroxyl groups is 1. The smallest absolute Gasteiger partial charge is 0.309 e. The average molecular weight is 485 g/mol. The number of carbonyl (C=O) groups excluding carboxylic acids is 1. The Balaban J connectivity index is 1.62. The average Bonchev–Trinajstić information content (AvgIpc) is 3.25. The molecule has 13 atom stereocenters. The molecule has 9 nitrogen and oxygen atoms in total. The Morgan fingerprint density at radius 3 is 2.35 bits per heavy atom. The van der Waals surface area contributed by atoms with Gasteiger partial charge in [0.1, 0.15) is 30.5 Å². The van der Waals surface area contributed by atoms with Crippen molar-refractivity contribution < 1.29 is 43.1 Å². The van der Waals surface area contributed by atoms with Crippen molar-refractivity contribution in [3.05, 3.63) is 12.2 Å². The summed E-state index contributed by atoms with van der Waals surface area (Å²) in [6, 6.07) is 0. The maximum absolute atomic E-state index is 12.7. The van der Waals surface area contributed by atoms with E-state index in [4.69, 9.17) is 33.2 Å². The van der Waals surface area contributed by atoms with Gasteiger partial charge in [-0.1, -0.05) is 26.0 Å². The molecule has 2 saturated carbocycles. The normalized spacial score (nSPS) is 48.9. The van der Waals surface area contributed by atoms with Gasteiger partial charge in [-0.3, -0.25) is 4.79 Å². The van der Waals surface area contributed by atoms with Crippen molar-refractivity contribution in [3.63, 3.8) is 0 Å². The first-order valence-corrected chi connectivity index (χ1v) is 12.2. The maximum atomic E-state index is 12.7. The van der Waals surface area contributed by atoms with E-state index < -0.39 is 30.7 Å². The summed E-state index contributed by atoms with van der Waals surface area (Å²) in [5.74, 6) is -0.158. The second kappa shape index (κ2) is 10.5. The number of rotatable bonds is 7. The first-order chi connectivity index (χ1) is 16.3. The van der Waals surface area contributed by atoms with Crippen LogP contribution in [0, 0.1) is 29.6 Å². The van der Waals surface area contributed by atoms with E-state index in [9.17, 15) is 9.90 Å². The van der Waals surface area contributed by atoms with Crippen molar-refractivity contribution >= 4 is 5.97 Å². The summed E-state index contributed by atoms with van der Waals surface area (Å²) in [4.78, 5) is 12.7. The molecule has 0 spiro atoms. The van der Waals surface area contributed by atoms with Crippen LogP contribution in [0.3, 0.4) is 0 Å². The molecule has 0 aromatic carbocycles. The van der Waals surface area contributed by atoms with Gasteiger partial charge in [0.05, 0.1) is 24.7 Å². The third-order valence-corrected chi connectivity index (χ3v) is 8.63. The Morgan fingerprint density at radius 1 is 1.03 bits per heavy atom. The van der Waals surface area contributed by atoms with Crippen LogP contribution in [-0.2, 0) is 38.0 Å². The van der Waals surface area contributed by atoms with Crippen molar-refractivity contribution in [3.8, 4) is 0 Å². The number of aliphatic hydroxyl groups excluding tert-OH is 1. The quantitative estimate of drug-likeness (QED) is 0.426. The van der Waals surface area contributed by atoms with Gasteiger partial charge in [-0.2, -0.15) is 0 Å². The molecule has 0 aromatic heterocycles. The SMILES string of the molecule is C=C1CC(OC2OC(COC)C(OC)C(O)C2OC)C2C(C)C(=O)OC2C2C1CC(OC)C2C. The minimum absolute atomic E-state index is 0.106. The molecule has 0 aromatic rings. The maximum Gasteiger partial charge on any atom is 0.309 e. The molecule has 0 amide bonds. The predicted molar refractivity (Wildman–Crippen MR) is 121 cm³/mol. The molecule has 2 aliphatic heterocycles. The van der Waals surface area contributed by atoms with Gasteiger partial charge in [-0.15, -0.1) is 0 Å². The Kier molecular flexibility index (Phi) is 8.03. The minimum atomic E-state index is -0.973. The van der Waals surface area contributed by atoms with Crippen molar-refractivity contribution in [2.45, 2.75) is 75.7 Å². The lowest BCUT2D eigenvalue weighted by atomic mass is 9.77. The highest BCUT2D eigenvalue weighted by Gasteiger charge is 2.59. The third-order valence-electron chi connectivity index (χ3n) is 8.63. The summed E-state index contributed by atoms with van der Waals surface area (Å²) in [5.41, 5.74) is 1.08. The Bertz CT molecular complexity index is 742. The molecular formula is C25H40O9. The lowest BCUT2D eigenvalue weighted by molar-refractivity contribution is -0.323. The van der Waals surface area contributed by atoms with Crippen LogP contribution in [0.4, 0.5) is 0 Å². The van der Waals surface area contributed by atoms with Gasteiger partial charge in [-0.25, -0.2) is 0 Å². The largest absolute Gasteiger partial charge is 0.461 e. The first kappa shape index (κ1) is 26.0. The predicted octanol–water partition coefficient (Wildman–Crippen LogP) is 1.56. The van der Waals surface area contributed by atoms with E-state index in [1.54, 1.807) is 14.2 Å². The zero-order valence-corrected chi connectivity index (χ0v) is 21.0. The number of methoxy groups -OCH3 is 4. The molecule has 4 aliphatic rings. The summed E-state index contributed by atoms with van der Waals surface area (Å²) in [6.07, 6.45) is -2.90. The van der Waals surface area contributed by atoms with E-state index in [-0.39, 0.29) is 60.5 Å². The molecule has 2 aliphatic carbocycles. The van der Waals surface area contributed by atoms with Gasteiger partial charge in [0, 0.05) is 40.3 Å². The van der Waals surface area contributed by atoms with E-state index >= 15 is 0 Å². The van der Waals surface area contributed by atoms with Crippen LogP contribution in [0.25, 0.3) is 0 Å². The summed E-state index contributed by atoms with van der Waals surface area (Å²) in [5, 5.41) is 11.0. The topological polar surface area (TPSA) is 102 Å². The van der Waals surface area contributed by atoms with Crippen LogP contribution in [0.15, 0.2) is 12.2 Å². The fraction of sp³-hybridized carbons (Fsp3) is 0.880. The van der Waals surface area contributed by atoms with Crippen LogP contribution in [0.5, 0.6) is 0 Å². The monoisotopic (exact) mass is 484 g/mol. The third kappa shape index (κ3) is 4.34. The lowest BCUT2D eigenvalue weighted by Crippen LogP contribution is -2.61. The van der Waals surface area contributed by atoms with Crippen LogP contribution >= 0.6 is 0 Å². The van der Waals surface area contributed by atoms with Crippen LogP contribution in [0.2, 0.25) is 0 Å². The Morgan fingerprint density at radius 2 is 1.74 bits per heavy atom. The molecule has 1 N–H and O–H groups in total. The minimum Gasteiger partial charge on any atom is -0.461 e. The summed E-state index contributed by atoms with van der Waals surface area (Å²) in [6.45, 7) is 8.72. The number of esters is 1. The second-order valence-electron chi connectivity index (χ2n) is 10.2. The molecular weight excluding hydrogens is 444 g/mol. The van der Waals surface area contributed by atoms with Gasteiger partial charge in [0.15, 0.2) is 6.29 Å². The molecule has 34 heavy (non-hydrogen) atoms. The standard InChI is InChI=1S/C25H40O9/c1-11-8-16(32-25-23(31-7)20(26)21(30-6)17(33-25)10-28-4)19-13(3)24(27)34-22(19)18-12(2)15(29-5)9-14(11)18/h12-23,25-26H,1,8-10H2,2-7H3. The molecule has 4 rings (SSSR count). The molecule has 194 valence electrons. The van der Waals surface area contributed by atoms with Gasteiger partial charge in [0.2, 0.25) is 0 Å². The van der Waals surface area contributed by atoms with E-state index in [2.05, 4.69) is 13.5 Å². The number of fused-ring (bicyclic) bond motifs is 3. The van der Waals surface area contributed by atoms with Crippen LogP contribution in [-0.4, -0.2) is 95.1 Å². The van der Waals surface area contributed by atoms with Gasteiger partial charge >= 0.3 is 5.97 Å². The van der Waals surface area contributed by atoms with Crippen LogP contribution in [0.1, 0.15) is 26.7 Å². The molecule has 13 unspecified atom stereocenters. The second-order valence-corrected chi connectivity index (χ2v) is 10.2.